The van der Waals surface area contributed by atoms with Crippen molar-refractivity contribution in [1.29, 1.82) is 0 Å². The number of hydrogen-bond donors (Lipinski definition) is 2. The van der Waals surface area contributed by atoms with E-state index in [2.05, 4.69) is 29.2 Å². The van der Waals surface area contributed by atoms with E-state index in [4.69, 9.17) is 18.9 Å². The number of piperidine rings is 1. The van der Waals surface area contributed by atoms with Crippen LogP contribution in [0.15, 0.2) is 53.2 Å². The van der Waals surface area contributed by atoms with Crippen molar-refractivity contribution in [3.63, 3.8) is 0 Å². The second kappa shape index (κ2) is 16.1. The Morgan fingerprint density at radius 1 is 0.954 bits per heavy atom. The second-order valence-electron chi connectivity index (χ2n) is 20.0. The molecule has 1 spiro atoms. The molecule has 15 heteroatoms. The molecule has 1 amide bonds. The van der Waals surface area contributed by atoms with Crippen LogP contribution in [0.5, 0.6) is 0 Å². The topological polar surface area (TPSA) is 172 Å². The molecule has 6 aliphatic heterocycles. The number of carbonyl (C=O) groups is 5. The normalized spacial score (nSPS) is 38.9. The average molecular weight is 893 g/mol. The van der Waals surface area contributed by atoms with Crippen LogP contribution in [0, 0.1) is 28.1 Å². The number of ether oxygens (including phenoxy) is 4. The third-order valence-corrected chi connectivity index (χ3v) is 17.1. The zero-order valence-corrected chi connectivity index (χ0v) is 39.0. The number of hydrogen-bond acceptors (Lipinski definition) is 13. The molecule has 0 aromatic heterocycles. The van der Waals surface area contributed by atoms with Gasteiger partial charge in [-0.15, -0.1) is 0 Å². The standard InChI is InChI=1S/C50H63BN3O11/c1-9-31-19-34-32-13-17-52-25-30(23-46(60,10-2)26-52)24-49(44(58)63-7,40(32)51-37(34)20-33(31)28(4)56)36-21-35-38(22-39(36)62-6)54(27-55)42-48(35)15-18-53-16-12-14-47(11-3,41(48)53)43(65-29(5)57)50(42,61)45(59)64-8/h12,14,19-22,27,30,36,39,41-43,60-61H,9-11,13,15-18,23-26H2,1-8H3/t30-,36?,39?,41+,42-,43-,46+,47-,48-,49+,50+/m1/s1. The molecule has 3 saturated heterocycles. The minimum atomic E-state index is -2.54. The molecule has 347 valence electrons. The predicted molar refractivity (Wildman–Crippen MR) is 241 cm³/mol. The lowest BCUT2D eigenvalue weighted by Gasteiger charge is -2.63. The van der Waals surface area contributed by atoms with Crippen LogP contribution < -0.4 is 5.46 Å². The van der Waals surface area contributed by atoms with Crippen LogP contribution in [0.1, 0.15) is 94.6 Å². The summed E-state index contributed by atoms with van der Waals surface area (Å²) in [5, 5.41) is 25.5. The Labute approximate surface area is 382 Å². The second-order valence-corrected chi connectivity index (χ2v) is 20.0. The Hall–Kier alpha value is -4.41. The number of fused-ring (bicyclic) bond motifs is 5. The fourth-order valence-corrected chi connectivity index (χ4v) is 14.7. The molecule has 1 aromatic rings. The van der Waals surface area contributed by atoms with Crippen molar-refractivity contribution < 1.29 is 53.1 Å². The molecule has 65 heavy (non-hydrogen) atoms. The Bertz CT molecular complexity index is 2360. The number of carbonyl (C=O) groups excluding carboxylic acids is 5. The molecular weight excluding hydrogens is 829 g/mol. The maximum atomic E-state index is 15.6. The maximum absolute atomic E-state index is 15.6. The summed E-state index contributed by atoms with van der Waals surface area (Å²) in [5.41, 5.74) is -1.00. The van der Waals surface area contributed by atoms with Crippen molar-refractivity contribution in [2.45, 2.75) is 115 Å². The van der Waals surface area contributed by atoms with E-state index in [9.17, 15) is 29.4 Å². The lowest BCUT2D eigenvalue weighted by atomic mass is 9.46. The molecule has 6 heterocycles. The molecule has 2 N–H and O–H groups in total. The summed E-state index contributed by atoms with van der Waals surface area (Å²) in [6.45, 7) is 11.7. The number of esters is 3. The molecule has 8 aliphatic rings. The molecule has 12 atom stereocenters. The van der Waals surface area contributed by atoms with E-state index in [1.54, 1.807) is 14.0 Å². The number of likely N-dealkylation sites (tertiary alicyclic amines) is 1. The number of ketones is 1. The number of rotatable bonds is 10. The van der Waals surface area contributed by atoms with Crippen LogP contribution in [-0.4, -0.2) is 152 Å². The van der Waals surface area contributed by atoms with E-state index >= 15 is 4.79 Å². The molecule has 1 aromatic carbocycles. The van der Waals surface area contributed by atoms with Crippen LogP contribution in [0.2, 0.25) is 0 Å². The van der Waals surface area contributed by atoms with E-state index in [0.717, 1.165) is 27.6 Å². The van der Waals surface area contributed by atoms with Gasteiger partial charge < -0.3 is 34.1 Å². The summed E-state index contributed by atoms with van der Waals surface area (Å²) in [6.07, 6.45) is 9.51. The van der Waals surface area contributed by atoms with Gasteiger partial charge in [-0.05, 0) is 92.7 Å². The van der Waals surface area contributed by atoms with Gasteiger partial charge in [-0.25, -0.2) is 4.79 Å². The number of benzene rings is 1. The van der Waals surface area contributed by atoms with Crippen molar-refractivity contribution in [2.24, 2.45) is 28.1 Å². The summed E-state index contributed by atoms with van der Waals surface area (Å²) in [5.74, 6) is -3.18. The lowest BCUT2D eigenvalue weighted by molar-refractivity contribution is -0.242. The largest absolute Gasteiger partial charge is 0.468 e. The van der Waals surface area contributed by atoms with Gasteiger partial charge in [-0.2, -0.15) is 0 Å². The molecule has 2 aliphatic carbocycles. The minimum absolute atomic E-state index is 0.0431. The Kier molecular flexibility index (Phi) is 11.4. The third-order valence-electron chi connectivity index (χ3n) is 17.1. The zero-order valence-electron chi connectivity index (χ0n) is 39.0. The Morgan fingerprint density at radius 2 is 1.71 bits per heavy atom. The summed E-state index contributed by atoms with van der Waals surface area (Å²) in [4.78, 5) is 76.2. The first kappa shape index (κ1) is 45.7. The van der Waals surface area contributed by atoms with Gasteiger partial charge in [0.2, 0.25) is 12.0 Å². The minimum Gasteiger partial charge on any atom is -0.468 e. The number of methoxy groups -OCH3 is 3. The number of Topliss-reactive ketones (excluding diaryl/α,β-unsaturated/α-hetero) is 1. The van der Waals surface area contributed by atoms with Gasteiger partial charge in [-0.1, -0.05) is 62.1 Å². The van der Waals surface area contributed by atoms with Crippen molar-refractivity contribution in [1.82, 2.24) is 14.7 Å². The van der Waals surface area contributed by atoms with Crippen LogP contribution in [0.3, 0.4) is 0 Å². The maximum Gasteiger partial charge on any atom is 0.344 e. The monoisotopic (exact) mass is 892 g/mol. The molecule has 1 saturated carbocycles. The highest BCUT2D eigenvalue weighted by Crippen LogP contribution is 2.70. The molecule has 1 radical (unpaired) electrons. The summed E-state index contributed by atoms with van der Waals surface area (Å²) >= 11 is 0. The SMILES string of the molecule is CCc1cc2c(cc1C(C)=O)[B]C1=C2CCN2C[C@H](C[C@@](O)(CC)C2)C[C@]1(C(=O)OC)C1C=C2C(=CC1OC)N(C=O)[C@H]1[C@@](O)(C(=O)OC)[C@H](OC(C)=O)[C@]3(CC)C=CCN4CC[C@]21[C@@H]43. The highest BCUT2D eigenvalue weighted by atomic mass is 16.6. The van der Waals surface area contributed by atoms with Crippen LogP contribution in [-0.2, 0) is 44.5 Å². The van der Waals surface area contributed by atoms with Crippen molar-refractivity contribution in [3.8, 4) is 0 Å². The molecule has 9 rings (SSSR count). The first-order valence-corrected chi connectivity index (χ1v) is 23.4. The number of nitrogens with zero attached hydrogens (tertiary/aromatic N) is 3. The average Bonchev–Trinajstić information content (AvgIpc) is 3.97. The number of aliphatic hydroxyl groups is 2. The number of amides is 1. The first-order valence-electron chi connectivity index (χ1n) is 23.4. The van der Waals surface area contributed by atoms with Gasteiger partial charge in [0.15, 0.2) is 19.2 Å². The third kappa shape index (κ3) is 6.20. The van der Waals surface area contributed by atoms with Gasteiger partial charge >= 0.3 is 17.9 Å². The summed E-state index contributed by atoms with van der Waals surface area (Å²) in [6, 6.07) is 2.30. The predicted octanol–water partition coefficient (Wildman–Crippen LogP) is 3.09. The number of allylic oxidation sites excluding steroid dienone is 1. The molecule has 14 nitrogen and oxygen atoms in total. The highest BCUT2D eigenvalue weighted by Gasteiger charge is 2.82. The van der Waals surface area contributed by atoms with Crippen molar-refractivity contribution in [3.05, 3.63) is 69.9 Å². The Morgan fingerprint density at radius 3 is 2.34 bits per heavy atom. The fraction of sp³-hybridized carbons (Fsp3) is 0.620. The van der Waals surface area contributed by atoms with Crippen LogP contribution in [0.4, 0.5) is 0 Å². The van der Waals surface area contributed by atoms with Crippen LogP contribution >= 0.6 is 0 Å². The van der Waals surface area contributed by atoms with Gasteiger partial charge in [0.25, 0.3) is 0 Å². The first-order chi connectivity index (χ1) is 31.0. The number of aryl methyl sites for hydroxylation is 1. The van der Waals surface area contributed by atoms with Gasteiger partial charge in [0.05, 0.1) is 37.4 Å². The molecular formula is C50H63BN3O11. The van der Waals surface area contributed by atoms with E-state index < -0.39 is 75.6 Å². The van der Waals surface area contributed by atoms with Gasteiger partial charge in [-0.3, -0.25) is 29.0 Å². The molecule has 3 unspecified atom stereocenters. The van der Waals surface area contributed by atoms with Crippen molar-refractivity contribution >= 4 is 48.4 Å². The highest BCUT2D eigenvalue weighted by molar-refractivity contribution is 6.67. The molecule has 4 fully saturated rings. The zero-order chi connectivity index (χ0) is 46.6. The van der Waals surface area contributed by atoms with Gasteiger partial charge in [0.1, 0.15) is 0 Å². The smallest absolute Gasteiger partial charge is 0.344 e. The quantitative estimate of drug-likeness (QED) is 0.0878. The van der Waals surface area contributed by atoms with Crippen LogP contribution in [0.25, 0.3) is 5.57 Å². The molecule has 2 bridgehead atoms. The van der Waals surface area contributed by atoms with Crippen molar-refractivity contribution in [2.75, 3.05) is 54.1 Å². The lowest BCUT2D eigenvalue weighted by Crippen LogP contribution is -2.80. The van der Waals surface area contributed by atoms with E-state index in [0.29, 0.717) is 94.5 Å². The summed E-state index contributed by atoms with van der Waals surface area (Å²) in [7, 11) is 6.21. The van der Waals surface area contributed by atoms with E-state index in [-0.39, 0.29) is 18.1 Å². The van der Waals surface area contributed by atoms with E-state index in [1.807, 2.05) is 45.1 Å². The summed E-state index contributed by atoms with van der Waals surface area (Å²) < 4.78 is 24.0. The Balaban J connectivity index is 1.34. The van der Waals surface area contributed by atoms with E-state index in [1.165, 1.54) is 26.0 Å². The van der Waals surface area contributed by atoms with Gasteiger partial charge in [0, 0.05) is 74.3 Å². The fourth-order valence-electron chi connectivity index (χ4n) is 14.7.